The van der Waals surface area contributed by atoms with Gasteiger partial charge in [0.15, 0.2) is 0 Å². The van der Waals surface area contributed by atoms with E-state index in [1.165, 1.54) is 0 Å². The van der Waals surface area contributed by atoms with E-state index in [9.17, 15) is 4.79 Å². The van der Waals surface area contributed by atoms with Crippen LogP contribution in [0.4, 0.5) is 11.4 Å². The highest BCUT2D eigenvalue weighted by Crippen LogP contribution is 2.47. The van der Waals surface area contributed by atoms with Crippen LogP contribution in [0.1, 0.15) is 0 Å². The first-order valence-electron chi connectivity index (χ1n) is 7.58. The number of amides is 1. The molecular weight excluding hydrogens is 324 g/mol. The van der Waals surface area contributed by atoms with E-state index in [1.54, 1.807) is 23.5 Å². The fraction of sp³-hybridized carbons (Fsp3) is 0.278. The highest BCUT2D eigenvalue weighted by molar-refractivity contribution is 8.00. The van der Waals surface area contributed by atoms with Crippen LogP contribution in [0.5, 0.6) is 0 Å². The summed E-state index contributed by atoms with van der Waals surface area (Å²) in [5.41, 5.74) is 1.99. The van der Waals surface area contributed by atoms with Crippen LogP contribution in [-0.2, 0) is 4.79 Å². The Morgan fingerprint density at radius 3 is 2.17 bits per heavy atom. The van der Waals surface area contributed by atoms with Gasteiger partial charge in [-0.15, -0.1) is 0 Å². The van der Waals surface area contributed by atoms with Gasteiger partial charge in [-0.1, -0.05) is 36.0 Å². The molecule has 23 heavy (non-hydrogen) atoms. The van der Waals surface area contributed by atoms with Gasteiger partial charge in [0.05, 0.1) is 17.1 Å². The molecule has 0 saturated heterocycles. The standard InChI is InChI=1S/C18H20N2OS2/c1-19(2)11-12-22-13-18(21)20-14-7-3-5-9-16(14)23-17-10-6-4-8-15(17)20/h3-10H,11-13H2,1-2H3. The van der Waals surface area contributed by atoms with E-state index in [0.29, 0.717) is 5.75 Å². The lowest BCUT2D eigenvalue weighted by atomic mass is 10.2. The van der Waals surface area contributed by atoms with E-state index in [1.807, 2.05) is 41.3 Å². The molecule has 0 radical (unpaired) electrons. The maximum absolute atomic E-state index is 12.9. The summed E-state index contributed by atoms with van der Waals surface area (Å²) in [7, 11) is 4.10. The second-order valence-corrected chi connectivity index (χ2v) is 7.81. The molecule has 1 aliphatic rings. The van der Waals surface area contributed by atoms with E-state index in [2.05, 4.69) is 31.1 Å². The second kappa shape index (κ2) is 7.43. The number of rotatable bonds is 5. The average molecular weight is 345 g/mol. The van der Waals surface area contributed by atoms with Crippen molar-refractivity contribution < 1.29 is 4.79 Å². The third-order valence-electron chi connectivity index (χ3n) is 3.59. The number of fused-ring (bicyclic) bond motifs is 2. The van der Waals surface area contributed by atoms with Crippen molar-refractivity contribution in [3.63, 3.8) is 0 Å². The zero-order valence-electron chi connectivity index (χ0n) is 13.4. The number of anilines is 2. The molecule has 0 spiro atoms. The van der Waals surface area contributed by atoms with E-state index < -0.39 is 0 Å². The lowest BCUT2D eigenvalue weighted by molar-refractivity contribution is -0.115. The number of benzene rings is 2. The summed E-state index contributed by atoms with van der Waals surface area (Å²) >= 11 is 3.42. The molecule has 120 valence electrons. The molecule has 1 heterocycles. The molecule has 2 aromatic rings. The highest BCUT2D eigenvalue weighted by Gasteiger charge is 2.27. The molecule has 3 rings (SSSR count). The zero-order valence-corrected chi connectivity index (χ0v) is 15.0. The Morgan fingerprint density at radius 2 is 1.61 bits per heavy atom. The second-order valence-electron chi connectivity index (χ2n) is 5.62. The molecule has 0 aromatic heterocycles. The Kier molecular flexibility index (Phi) is 5.30. The minimum absolute atomic E-state index is 0.147. The molecule has 0 N–H and O–H groups in total. The van der Waals surface area contributed by atoms with Crippen LogP contribution in [0.2, 0.25) is 0 Å². The van der Waals surface area contributed by atoms with Crippen LogP contribution >= 0.6 is 23.5 Å². The van der Waals surface area contributed by atoms with Crippen molar-refractivity contribution in [3.8, 4) is 0 Å². The predicted octanol–water partition coefficient (Wildman–Crippen LogP) is 4.11. The normalized spacial score (nSPS) is 12.9. The summed E-state index contributed by atoms with van der Waals surface area (Å²) in [5, 5.41) is 0. The van der Waals surface area contributed by atoms with Crippen LogP contribution in [-0.4, -0.2) is 43.0 Å². The van der Waals surface area contributed by atoms with Gasteiger partial charge in [-0.05, 0) is 38.4 Å². The fourth-order valence-corrected chi connectivity index (χ4v) is 4.44. The number of thioether (sulfide) groups is 1. The van der Waals surface area contributed by atoms with Gasteiger partial charge in [0.25, 0.3) is 0 Å². The smallest absolute Gasteiger partial charge is 0.241 e. The van der Waals surface area contributed by atoms with Gasteiger partial charge in [0.1, 0.15) is 0 Å². The first kappa shape index (κ1) is 16.4. The molecule has 1 aliphatic heterocycles. The van der Waals surface area contributed by atoms with Gasteiger partial charge in [-0.2, -0.15) is 11.8 Å². The lowest BCUT2D eigenvalue weighted by Crippen LogP contribution is -2.30. The minimum atomic E-state index is 0.147. The Labute approximate surface area is 146 Å². The van der Waals surface area contributed by atoms with Gasteiger partial charge in [-0.25, -0.2) is 0 Å². The molecule has 0 fully saturated rings. The molecule has 0 bridgehead atoms. The summed E-state index contributed by atoms with van der Waals surface area (Å²) in [6.45, 7) is 0.987. The highest BCUT2D eigenvalue weighted by atomic mass is 32.2. The van der Waals surface area contributed by atoms with Crippen molar-refractivity contribution in [2.45, 2.75) is 9.79 Å². The Hall–Kier alpha value is -1.43. The largest absolute Gasteiger partial charge is 0.309 e. The van der Waals surface area contributed by atoms with Gasteiger partial charge in [0.2, 0.25) is 5.91 Å². The minimum Gasteiger partial charge on any atom is -0.309 e. The monoisotopic (exact) mass is 344 g/mol. The third-order valence-corrected chi connectivity index (χ3v) is 5.64. The fourth-order valence-electron chi connectivity index (χ4n) is 2.44. The summed E-state index contributed by atoms with van der Waals surface area (Å²) < 4.78 is 0. The number of carbonyl (C=O) groups is 1. The van der Waals surface area contributed by atoms with E-state index >= 15 is 0 Å². The maximum Gasteiger partial charge on any atom is 0.241 e. The lowest BCUT2D eigenvalue weighted by Gasteiger charge is -2.31. The van der Waals surface area contributed by atoms with Crippen LogP contribution in [0, 0.1) is 0 Å². The van der Waals surface area contributed by atoms with Gasteiger partial charge < -0.3 is 4.90 Å². The maximum atomic E-state index is 12.9. The number of nitrogens with zero attached hydrogens (tertiary/aromatic N) is 2. The molecule has 1 amide bonds. The molecule has 2 aromatic carbocycles. The topological polar surface area (TPSA) is 23.6 Å². The number of para-hydroxylation sites is 2. The van der Waals surface area contributed by atoms with E-state index in [-0.39, 0.29) is 5.91 Å². The molecule has 0 saturated carbocycles. The van der Waals surface area contributed by atoms with Gasteiger partial charge >= 0.3 is 0 Å². The Bertz CT molecular complexity index is 657. The van der Waals surface area contributed by atoms with Crippen molar-refractivity contribution in [2.75, 3.05) is 37.0 Å². The van der Waals surface area contributed by atoms with E-state index in [4.69, 9.17) is 0 Å². The van der Waals surface area contributed by atoms with Crippen molar-refractivity contribution in [2.24, 2.45) is 0 Å². The molecule has 5 heteroatoms. The predicted molar refractivity (Wildman–Crippen MR) is 100 cm³/mol. The quantitative estimate of drug-likeness (QED) is 0.762. The molecule has 0 atom stereocenters. The van der Waals surface area contributed by atoms with Gasteiger partial charge in [0, 0.05) is 22.1 Å². The molecule has 0 aliphatic carbocycles. The Morgan fingerprint density at radius 1 is 1.04 bits per heavy atom. The van der Waals surface area contributed by atoms with E-state index in [0.717, 1.165) is 33.5 Å². The third kappa shape index (κ3) is 3.74. The van der Waals surface area contributed by atoms with Crippen molar-refractivity contribution in [3.05, 3.63) is 48.5 Å². The summed E-state index contributed by atoms with van der Waals surface area (Å²) in [6, 6.07) is 16.2. The first-order valence-corrected chi connectivity index (χ1v) is 9.55. The summed E-state index contributed by atoms with van der Waals surface area (Å²) in [4.78, 5) is 19.1. The van der Waals surface area contributed by atoms with Crippen LogP contribution < -0.4 is 4.90 Å². The van der Waals surface area contributed by atoms with Crippen LogP contribution in [0.15, 0.2) is 58.3 Å². The molecule has 3 nitrogen and oxygen atoms in total. The number of carbonyl (C=O) groups excluding carboxylic acids is 1. The molecule has 0 unspecified atom stereocenters. The van der Waals surface area contributed by atoms with Crippen molar-refractivity contribution in [1.82, 2.24) is 4.90 Å². The van der Waals surface area contributed by atoms with Crippen LogP contribution in [0.25, 0.3) is 0 Å². The zero-order chi connectivity index (χ0) is 16.2. The Balaban J connectivity index is 1.82. The number of hydrogen-bond donors (Lipinski definition) is 0. The van der Waals surface area contributed by atoms with Crippen LogP contribution in [0.3, 0.4) is 0 Å². The SMILES string of the molecule is CN(C)CCSCC(=O)N1c2ccccc2Sc2ccccc21. The first-order chi connectivity index (χ1) is 11.2. The summed E-state index contributed by atoms with van der Waals surface area (Å²) in [5.74, 6) is 1.61. The van der Waals surface area contributed by atoms with Crippen molar-refractivity contribution in [1.29, 1.82) is 0 Å². The molecular formula is C18H20N2OS2. The average Bonchev–Trinajstić information content (AvgIpc) is 2.56. The summed E-state index contributed by atoms with van der Waals surface area (Å²) in [6.07, 6.45) is 0. The van der Waals surface area contributed by atoms with Gasteiger partial charge in [-0.3, -0.25) is 9.69 Å². The van der Waals surface area contributed by atoms with Crippen molar-refractivity contribution >= 4 is 40.8 Å². The number of hydrogen-bond acceptors (Lipinski definition) is 4.